The van der Waals surface area contributed by atoms with Crippen molar-refractivity contribution in [3.05, 3.63) is 23.4 Å². The van der Waals surface area contributed by atoms with E-state index < -0.39 is 10.6 Å². The first-order valence-corrected chi connectivity index (χ1v) is 9.02. The lowest BCUT2D eigenvalue weighted by Crippen LogP contribution is -2.41. The summed E-state index contributed by atoms with van der Waals surface area (Å²) in [5.74, 6) is 0.693. The molecule has 1 amide bonds. The molecule has 1 saturated heterocycles. The Labute approximate surface area is 125 Å². The molecule has 1 aromatic heterocycles. The van der Waals surface area contributed by atoms with Gasteiger partial charge in [-0.25, -0.2) is 4.98 Å². The van der Waals surface area contributed by atoms with E-state index in [9.17, 15) is 19.0 Å². The van der Waals surface area contributed by atoms with E-state index in [0.717, 1.165) is 17.5 Å². The second-order valence-corrected chi connectivity index (χ2v) is 8.23. The number of carbonyl (C=O) groups excluding carboxylic acids is 1. The van der Waals surface area contributed by atoms with Crippen LogP contribution in [0.2, 0.25) is 0 Å². The first kappa shape index (κ1) is 14.6. The van der Waals surface area contributed by atoms with Crippen molar-refractivity contribution in [3.63, 3.8) is 0 Å². The molecule has 3 N–H and O–H groups in total. The van der Waals surface area contributed by atoms with Gasteiger partial charge in [0.2, 0.25) is 11.8 Å². The van der Waals surface area contributed by atoms with Gasteiger partial charge >= 0.3 is 0 Å². The zero-order valence-electron chi connectivity index (χ0n) is 11.7. The number of aromatic hydroxyl groups is 1. The van der Waals surface area contributed by atoms with E-state index in [4.69, 9.17) is 0 Å². The largest absolute Gasteiger partial charge is 0.493 e. The van der Waals surface area contributed by atoms with Crippen molar-refractivity contribution in [2.24, 2.45) is 5.92 Å². The highest BCUT2D eigenvalue weighted by Crippen LogP contribution is 2.46. The van der Waals surface area contributed by atoms with Crippen LogP contribution in [-0.4, -0.2) is 48.1 Å². The van der Waals surface area contributed by atoms with Crippen LogP contribution in [0.5, 0.6) is 5.88 Å². The van der Waals surface area contributed by atoms with E-state index in [1.54, 1.807) is 12.3 Å². The van der Waals surface area contributed by atoms with Crippen molar-refractivity contribution in [1.82, 2.24) is 9.88 Å². The number of nitrogens with zero attached hydrogens (tertiary/aromatic N) is 2. The Morgan fingerprint density at radius 1 is 1.29 bits per heavy atom. The van der Waals surface area contributed by atoms with Crippen LogP contribution in [0.3, 0.4) is 0 Å². The van der Waals surface area contributed by atoms with E-state index in [1.165, 1.54) is 0 Å². The number of rotatable bonds is 1. The van der Waals surface area contributed by atoms with E-state index >= 15 is 0 Å². The smallest absolute Gasteiger partial charge is 0.226 e. The van der Waals surface area contributed by atoms with Gasteiger partial charge in [0.1, 0.15) is 0 Å². The number of aromatic nitrogens is 1. The first-order valence-electron chi connectivity index (χ1n) is 7.14. The fourth-order valence-electron chi connectivity index (χ4n) is 3.03. The molecule has 0 aromatic carbocycles. The van der Waals surface area contributed by atoms with Crippen LogP contribution in [0.15, 0.2) is 12.3 Å². The van der Waals surface area contributed by atoms with Crippen molar-refractivity contribution < 1.29 is 19.0 Å². The summed E-state index contributed by atoms with van der Waals surface area (Å²) in [5.41, 5.74) is 2.02. The normalized spacial score (nSPS) is 23.4. The minimum atomic E-state index is -2.44. The highest BCUT2D eigenvalue weighted by molar-refractivity contribution is 8.24. The lowest BCUT2D eigenvalue weighted by Gasteiger charge is -2.40. The lowest BCUT2D eigenvalue weighted by atomic mass is 9.97. The molecule has 2 aliphatic heterocycles. The van der Waals surface area contributed by atoms with Crippen molar-refractivity contribution in [2.45, 2.75) is 25.8 Å². The van der Waals surface area contributed by atoms with Crippen LogP contribution >= 0.6 is 10.6 Å². The van der Waals surface area contributed by atoms with Crippen LogP contribution in [0.4, 0.5) is 0 Å². The van der Waals surface area contributed by atoms with Crippen molar-refractivity contribution >= 4 is 16.5 Å². The standard InChI is InChI=1S/C14H20N2O4S/c17-13-7-11-1-4-16(9-12(11)8-15-13)14(18)10-2-5-21(19,20)6-3-10/h7-8,10,19-20H,1-6,9H2,(H,15,17). The summed E-state index contributed by atoms with van der Waals surface area (Å²) < 4.78 is 19.2. The van der Waals surface area contributed by atoms with Gasteiger partial charge in [-0.2, -0.15) is 10.6 Å². The molecule has 0 unspecified atom stereocenters. The van der Waals surface area contributed by atoms with Gasteiger partial charge in [-0.05, 0) is 30.4 Å². The monoisotopic (exact) mass is 312 g/mol. The summed E-state index contributed by atoms with van der Waals surface area (Å²) in [6.45, 7) is 1.16. The summed E-state index contributed by atoms with van der Waals surface area (Å²) in [6, 6.07) is 1.66. The van der Waals surface area contributed by atoms with Gasteiger partial charge in [0.15, 0.2) is 0 Å². The molecule has 0 bridgehead atoms. The zero-order chi connectivity index (χ0) is 15.0. The highest BCUT2D eigenvalue weighted by Gasteiger charge is 2.32. The van der Waals surface area contributed by atoms with Gasteiger partial charge in [0, 0.05) is 42.8 Å². The minimum Gasteiger partial charge on any atom is -0.493 e. The van der Waals surface area contributed by atoms with Gasteiger partial charge in [-0.3, -0.25) is 13.9 Å². The number of pyridine rings is 1. The van der Waals surface area contributed by atoms with Gasteiger partial charge in [0.05, 0.1) is 0 Å². The molecule has 116 valence electrons. The maximum atomic E-state index is 12.5. The van der Waals surface area contributed by atoms with E-state index in [1.807, 2.05) is 4.90 Å². The fourth-order valence-corrected chi connectivity index (χ4v) is 4.56. The van der Waals surface area contributed by atoms with Crippen molar-refractivity contribution in [2.75, 3.05) is 18.1 Å². The number of amides is 1. The third kappa shape index (κ3) is 3.14. The Morgan fingerprint density at radius 3 is 2.71 bits per heavy atom. The average Bonchev–Trinajstić information content (AvgIpc) is 2.46. The Kier molecular flexibility index (Phi) is 3.81. The first-order chi connectivity index (χ1) is 9.94. The maximum Gasteiger partial charge on any atom is 0.226 e. The molecule has 0 aliphatic carbocycles. The summed E-state index contributed by atoms with van der Waals surface area (Å²) in [4.78, 5) is 18.2. The van der Waals surface area contributed by atoms with Crippen molar-refractivity contribution in [3.8, 4) is 5.88 Å². The third-order valence-corrected chi connectivity index (χ3v) is 6.11. The second kappa shape index (κ2) is 5.47. The Morgan fingerprint density at radius 2 is 2.00 bits per heavy atom. The molecule has 0 saturated carbocycles. The van der Waals surface area contributed by atoms with Crippen LogP contribution in [0.25, 0.3) is 0 Å². The van der Waals surface area contributed by atoms with Crippen LogP contribution < -0.4 is 0 Å². The summed E-state index contributed by atoms with van der Waals surface area (Å²) in [6.07, 6.45) is 3.46. The van der Waals surface area contributed by atoms with Gasteiger partial charge in [-0.1, -0.05) is 0 Å². The number of fused-ring (bicyclic) bond motifs is 1. The predicted molar refractivity (Wildman–Crippen MR) is 80.3 cm³/mol. The molecule has 6 nitrogen and oxygen atoms in total. The average molecular weight is 312 g/mol. The molecular formula is C14H20N2O4S. The van der Waals surface area contributed by atoms with E-state index in [2.05, 4.69) is 4.98 Å². The minimum absolute atomic E-state index is 0.0195. The van der Waals surface area contributed by atoms with Crippen LogP contribution in [0, 0.1) is 5.92 Å². The van der Waals surface area contributed by atoms with E-state index in [-0.39, 0.29) is 17.7 Å². The molecular weight excluding hydrogens is 292 g/mol. The number of carbonyl (C=O) groups is 1. The van der Waals surface area contributed by atoms with Gasteiger partial charge < -0.3 is 10.0 Å². The molecule has 0 atom stereocenters. The quantitative estimate of drug-likeness (QED) is 0.735. The summed E-state index contributed by atoms with van der Waals surface area (Å²) in [7, 11) is -2.44. The predicted octanol–water partition coefficient (Wildman–Crippen LogP) is 1.83. The zero-order valence-corrected chi connectivity index (χ0v) is 12.6. The van der Waals surface area contributed by atoms with Crippen LogP contribution in [0.1, 0.15) is 24.0 Å². The molecule has 3 rings (SSSR count). The SMILES string of the molecule is O=C(C1CCS(O)(O)CC1)N1CCc2cc(O)ncc2C1. The maximum absolute atomic E-state index is 12.5. The highest BCUT2D eigenvalue weighted by atomic mass is 32.3. The van der Waals surface area contributed by atoms with Gasteiger partial charge in [0.25, 0.3) is 0 Å². The lowest BCUT2D eigenvalue weighted by molar-refractivity contribution is -0.136. The Hall–Kier alpha value is -1.31. The third-order valence-electron chi connectivity index (χ3n) is 4.33. The van der Waals surface area contributed by atoms with Crippen LogP contribution in [-0.2, 0) is 17.8 Å². The molecule has 21 heavy (non-hydrogen) atoms. The molecule has 1 fully saturated rings. The molecule has 2 aliphatic rings. The summed E-state index contributed by atoms with van der Waals surface area (Å²) >= 11 is 0. The molecule has 7 heteroatoms. The molecule has 0 radical (unpaired) electrons. The van der Waals surface area contributed by atoms with Crippen molar-refractivity contribution in [1.29, 1.82) is 0 Å². The van der Waals surface area contributed by atoms with Gasteiger partial charge in [-0.15, -0.1) is 0 Å². The van der Waals surface area contributed by atoms with E-state index in [0.29, 0.717) is 37.4 Å². The molecule has 1 aromatic rings. The number of hydrogen-bond donors (Lipinski definition) is 3. The number of hydrogen-bond acceptors (Lipinski definition) is 5. The topological polar surface area (TPSA) is 93.9 Å². The molecule has 3 heterocycles. The summed E-state index contributed by atoms with van der Waals surface area (Å²) in [5, 5.41) is 9.38. The Balaban J connectivity index is 1.66. The fraction of sp³-hybridized carbons (Fsp3) is 0.571. The molecule has 0 spiro atoms. The second-order valence-electron chi connectivity index (χ2n) is 5.81. The Bertz CT molecular complexity index is 554.